The van der Waals surface area contributed by atoms with Gasteiger partial charge in [-0.05, 0) is 42.3 Å². The number of hydrogen-bond acceptors (Lipinski definition) is 3. The first-order chi connectivity index (χ1) is 9.99. The number of amides is 1. The molecular formula is C16H18N4O. The van der Waals surface area contributed by atoms with E-state index in [0.29, 0.717) is 12.2 Å². The maximum Gasteiger partial charge on any atom is 0.221 e. The smallest absolute Gasteiger partial charge is 0.221 e. The first kappa shape index (κ1) is 14.7. The van der Waals surface area contributed by atoms with Crippen molar-refractivity contribution in [2.24, 2.45) is 7.05 Å². The number of carbonyl (C=O) groups is 1. The number of rotatable bonds is 4. The largest absolute Gasteiger partial charge is 0.381 e. The predicted molar refractivity (Wildman–Crippen MR) is 82.9 cm³/mol. The summed E-state index contributed by atoms with van der Waals surface area (Å²) in [7, 11) is 1.86. The van der Waals surface area contributed by atoms with E-state index in [-0.39, 0.29) is 5.91 Å². The third-order valence-corrected chi connectivity index (χ3v) is 3.21. The third kappa shape index (κ3) is 3.63. The predicted octanol–water partition coefficient (Wildman–Crippen LogP) is 2.78. The second-order valence-corrected chi connectivity index (χ2v) is 5.02. The molecule has 0 aliphatic rings. The van der Waals surface area contributed by atoms with Crippen LogP contribution in [0.15, 0.2) is 30.5 Å². The lowest BCUT2D eigenvalue weighted by atomic mass is 10.1. The maximum atomic E-state index is 11.1. The number of nitrogens with one attached hydrogen (secondary N) is 2. The Morgan fingerprint density at radius 1 is 1.38 bits per heavy atom. The van der Waals surface area contributed by atoms with Crippen molar-refractivity contribution < 1.29 is 4.79 Å². The Morgan fingerprint density at radius 2 is 2.14 bits per heavy atom. The van der Waals surface area contributed by atoms with Crippen LogP contribution in [0.1, 0.15) is 23.7 Å². The molecule has 0 aliphatic heterocycles. The average molecular weight is 282 g/mol. The van der Waals surface area contributed by atoms with E-state index >= 15 is 0 Å². The minimum atomic E-state index is -0.0767. The van der Waals surface area contributed by atoms with Crippen molar-refractivity contribution in [3.63, 3.8) is 0 Å². The van der Waals surface area contributed by atoms with Crippen LogP contribution in [-0.2, 0) is 18.4 Å². The zero-order valence-electron chi connectivity index (χ0n) is 12.4. The van der Waals surface area contributed by atoms with E-state index in [1.807, 2.05) is 49.0 Å². The van der Waals surface area contributed by atoms with Crippen molar-refractivity contribution in [3.05, 3.63) is 47.3 Å². The highest BCUT2D eigenvalue weighted by Gasteiger charge is 2.04. The van der Waals surface area contributed by atoms with Gasteiger partial charge in [0.15, 0.2) is 0 Å². The topological polar surface area (TPSA) is 69.8 Å². The molecule has 0 bridgehead atoms. The van der Waals surface area contributed by atoms with E-state index in [0.717, 1.165) is 22.5 Å². The van der Waals surface area contributed by atoms with Gasteiger partial charge in [-0.1, -0.05) is 0 Å². The molecule has 0 saturated heterocycles. The van der Waals surface area contributed by atoms with Gasteiger partial charge in [0.05, 0.1) is 0 Å². The second-order valence-electron chi connectivity index (χ2n) is 5.02. The van der Waals surface area contributed by atoms with Gasteiger partial charge < -0.3 is 15.2 Å². The molecule has 1 aromatic carbocycles. The fourth-order valence-corrected chi connectivity index (χ4v) is 2.15. The monoisotopic (exact) mass is 282 g/mol. The van der Waals surface area contributed by atoms with Crippen LogP contribution in [0.4, 0.5) is 11.4 Å². The molecule has 1 amide bonds. The standard InChI is InChI=1S/C16H18N4O/c1-11-6-14(4-5-16(11)19-12(2)21)18-9-13-7-15(8-17)20(3)10-13/h4-7,10,18H,9H2,1-3H3,(H,19,21). The summed E-state index contributed by atoms with van der Waals surface area (Å²) in [4.78, 5) is 11.1. The first-order valence-corrected chi connectivity index (χ1v) is 6.67. The number of nitriles is 1. The average Bonchev–Trinajstić information content (AvgIpc) is 2.79. The van der Waals surface area contributed by atoms with Gasteiger partial charge >= 0.3 is 0 Å². The lowest BCUT2D eigenvalue weighted by Gasteiger charge is -2.10. The Morgan fingerprint density at radius 3 is 2.71 bits per heavy atom. The van der Waals surface area contributed by atoms with Crippen molar-refractivity contribution >= 4 is 17.3 Å². The molecule has 21 heavy (non-hydrogen) atoms. The molecule has 2 N–H and O–H groups in total. The number of hydrogen-bond donors (Lipinski definition) is 2. The zero-order valence-corrected chi connectivity index (χ0v) is 12.4. The van der Waals surface area contributed by atoms with Crippen LogP contribution in [0.5, 0.6) is 0 Å². The second kappa shape index (κ2) is 6.14. The number of aromatic nitrogens is 1. The molecule has 0 spiro atoms. The van der Waals surface area contributed by atoms with Gasteiger partial charge in [-0.2, -0.15) is 5.26 Å². The van der Waals surface area contributed by atoms with Crippen molar-refractivity contribution in [1.29, 1.82) is 5.26 Å². The summed E-state index contributed by atoms with van der Waals surface area (Å²) in [5, 5.41) is 15.0. The molecule has 0 atom stereocenters. The SMILES string of the molecule is CC(=O)Nc1ccc(NCc2cc(C#N)n(C)c2)cc1C. The molecule has 0 aliphatic carbocycles. The number of carbonyl (C=O) groups excluding carboxylic acids is 1. The molecule has 0 saturated carbocycles. The summed E-state index contributed by atoms with van der Waals surface area (Å²) >= 11 is 0. The molecule has 0 radical (unpaired) electrons. The van der Waals surface area contributed by atoms with Crippen molar-refractivity contribution in [2.45, 2.75) is 20.4 Å². The summed E-state index contributed by atoms with van der Waals surface area (Å²) in [6.45, 7) is 4.09. The van der Waals surface area contributed by atoms with Gasteiger partial charge in [-0.3, -0.25) is 4.79 Å². The van der Waals surface area contributed by atoms with Gasteiger partial charge in [-0.25, -0.2) is 0 Å². The lowest BCUT2D eigenvalue weighted by molar-refractivity contribution is -0.114. The maximum absolute atomic E-state index is 11.1. The first-order valence-electron chi connectivity index (χ1n) is 6.67. The fraction of sp³-hybridized carbons (Fsp3) is 0.250. The molecular weight excluding hydrogens is 264 g/mol. The zero-order chi connectivity index (χ0) is 15.4. The van der Waals surface area contributed by atoms with Gasteiger partial charge in [0.25, 0.3) is 0 Å². The minimum absolute atomic E-state index is 0.0767. The van der Waals surface area contributed by atoms with Crippen LogP contribution in [-0.4, -0.2) is 10.5 Å². The Kier molecular flexibility index (Phi) is 4.29. The van der Waals surface area contributed by atoms with E-state index in [1.165, 1.54) is 6.92 Å². The summed E-state index contributed by atoms with van der Waals surface area (Å²) in [6, 6.07) is 9.80. The number of nitrogens with zero attached hydrogens (tertiary/aromatic N) is 2. The Bertz CT molecular complexity index is 710. The quantitative estimate of drug-likeness (QED) is 0.906. The molecule has 1 heterocycles. The number of benzene rings is 1. The van der Waals surface area contributed by atoms with Gasteiger partial charge in [0.2, 0.25) is 5.91 Å². The molecule has 1 aromatic heterocycles. The molecule has 2 rings (SSSR count). The number of aryl methyl sites for hydroxylation is 2. The van der Waals surface area contributed by atoms with Crippen molar-refractivity contribution in [1.82, 2.24) is 4.57 Å². The van der Waals surface area contributed by atoms with Crippen LogP contribution in [0, 0.1) is 18.3 Å². The van der Waals surface area contributed by atoms with E-state index in [2.05, 4.69) is 16.7 Å². The lowest BCUT2D eigenvalue weighted by Crippen LogP contribution is -2.07. The van der Waals surface area contributed by atoms with Crippen LogP contribution < -0.4 is 10.6 Å². The fourth-order valence-electron chi connectivity index (χ4n) is 2.15. The Balaban J connectivity index is 2.05. The highest BCUT2D eigenvalue weighted by molar-refractivity contribution is 5.89. The minimum Gasteiger partial charge on any atom is -0.381 e. The van der Waals surface area contributed by atoms with Crippen molar-refractivity contribution in [3.8, 4) is 6.07 Å². The highest BCUT2D eigenvalue weighted by atomic mass is 16.1. The van der Waals surface area contributed by atoms with E-state index in [4.69, 9.17) is 5.26 Å². The summed E-state index contributed by atoms with van der Waals surface area (Å²) in [5.74, 6) is -0.0767. The van der Waals surface area contributed by atoms with Gasteiger partial charge in [-0.15, -0.1) is 0 Å². The van der Waals surface area contributed by atoms with Crippen LogP contribution in [0.2, 0.25) is 0 Å². The Hall–Kier alpha value is -2.74. The van der Waals surface area contributed by atoms with E-state index in [1.54, 1.807) is 0 Å². The van der Waals surface area contributed by atoms with Crippen LogP contribution >= 0.6 is 0 Å². The molecule has 108 valence electrons. The molecule has 2 aromatic rings. The summed E-state index contributed by atoms with van der Waals surface area (Å²) in [6.07, 6.45) is 1.93. The third-order valence-electron chi connectivity index (χ3n) is 3.21. The van der Waals surface area contributed by atoms with Gasteiger partial charge in [0.1, 0.15) is 11.8 Å². The molecule has 5 nitrogen and oxygen atoms in total. The van der Waals surface area contributed by atoms with Gasteiger partial charge in [0, 0.05) is 38.1 Å². The van der Waals surface area contributed by atoms with Crippen LogP contribution in [0.3, 0.4) is 0 Å². The summed E-state index contributed by atoms with van der Waals surface area (Å²) < 4.78 is 1.81. The van der Waals surface area contributed by atoms with Crippen LogP contribution in [0.25, 0.3) is 0 Å². The van der Waals surface area contributed by atoms with E-state index < -0.39 is 0 Å². The Labute approximate surface area is 124 Å². The normalized spacial score (nSPS) is 10.0. The number of anilines is 2. The molecule has 0 fully saturated rings. The van der Waals surface area contributed by atoms with E-state index in [9.17, 15) is 4.79 Å². The van der Waals surface area contributed by atoms with Crippen molar-refractivity contribution in [2.75, 3.05) is 10.6 Å². The molecule has 0 unspecified atom stereocenters. The summed E-state index contributed by atoms with van der Waals surface area (Å²) in [5.41, 5.74) is 4.49. The molecule has 5 heteroatoms. The highest BCUT2D eigenvalue weighted by Crippen LogP contribution is 2.20.